The van der Waals surface area contributed by atoms with Gasteiger partial charge in [0.2, 0.25) is 11.8 Å². The van der Waals surface area contributed by atoms with Crippen molar-refractivity contribution in [3.8, 4) is 11.3 Å². The molecule has 4 fully saturated rings. The lowest BCUT2D eigenvalue weighted by molar-refractivity contribution is -0.152. The molecule has 3 aromatic rings. The Bertz CT molecular complexity index is 1680. The molecule has 1 aromatic carbocycles. The van der Waals surface area contributed by atoms with Gasteiger partial charge in [0.1, 0.15) is 5.52 Å². The van der Waals surface area contributed by atoms with Gasteiger partial charge < -0.3 is 19.1 Å². The van der Waals surface area contributed by atoms with E-state index in [-0.39, 0.29) is 29.8 Å². The van der Waals surface area contributed by atoms with Crippen LogP contribution in [0.25, 0.3) is 22.3 Å². The van der Waals surface area contributed by atoms with Crippen LogP contribution in [0.1, 0.15) is 71.4 Å². The minimum atomic E-state index is -0.605. The van der Waals surface area contributed by atoms with E-state index in [4.69, 9.17) is 21.3 Å². The average Bonchev–Trinajstić information content (AvgIpc) is 3.61. The first-order valence-electron chi connectivity index (χ1n) is 16.7. The Morgan fingerprint density at radius 3 is 2.44 bits per heavy atom. The summed E-state index contributed by atoms with van der Waals surface area (Å²) in [6, 6.07) is 9.30. The van der Waals surface area contributed by atoms with Crippen LogP contribution in [0.4, 0.5) is 5.69 Å². The van der Waals surface area contributed by atoms with E-state index in [0.29, 0.717) is 55.8 Å². The first-order chi connectivity index (χ1) is 21.5. The highest BCUT2D eigenvalue weighted by molar-refractivity contribution is 6.34. The van der Waals surface area contributed by atoms with E-state index in [1.165, 1.54) is 6.42 Å². The molecule has 238 valence electrons. The largest absolute Gasteiger partial charge is 0.380 e. The number of imidazole rings is 1. The number of carbonyl (C=O) groups is 2. The van der Waals surface area contributed by atoms with Crippen LogP contribution in [0, 0.1) is 11.3 Å². The number of pyridine rings is 1. The second-order valence-electron chi connectivity index (χ2n) is 15.1. The van der Waals surface area contributed by atoms with Gasteiger partial charge in [-0.05, 0) is 75.6 Å². The molecular weight excluding hydrogens is 588 g/mol. The van der Waals surface area contributed by atoms with E-state index >= 15 is 0 Å². The molecule has 45 heavy (non-hydrogen) atoms. The molecule has 1 saturated carbocycles. The van der Waals surface area contributed by atoms with Crippen LogP contribution < -0.4 is 4.90 Å². The van der Waals surface area contributed by atoms with E-state index in [1.807, 2.05) is 21.9 Å². The van der Waals surface area contributed by atoms with Gasteiger partial charge in [-0.3, -0.25) is 14.5 Å². The number of hydrogen-bond acceptors (Lipinski definition) is 6. The zero-order valence-electron chi connectivity index (χ0n) is 26.8. The number of carbonyl (C=O) groups excluding carboxylic acids is 2. The molecule has 2 amide bonds. The fraction of sp³-hybridized carbons (Fsp3) is 0.600. The number of likely N-dealkylation sites (tertiary alicyclic amines) is 2. The molecule has 4 aliphatic heterocycles. The summed E-state index contributed by atoms with van der Waals surface area (Å²) >= 11 is 6.76. The maximum Gasteiger partial charge on any atom is 0.238 e. The van der Waals surface area contributed by atoms with Crippen molar-refractivity contribution in [2.45, 2.75) is 83.3 Å². The number of anilines is 1. The molecule has 1 aliphatic carbocycles. The normalized spacial score (nSPS) is 26.1. The summed E-state index contributed by atoms with van der Waals surface area (Å²) in [4.78, 5) is 43.9. The Labute approximate surface area is 269 Å². The Balaban J connectivity index is 1.12. The van der Waals surface area contributed by atoms with Crippen LogP contribution in [-0.4, -0.2) is 87.6 Å². The zero-order valence-corrected chi connectivity index (χ0v) is 27.5. The van der Waals surface area contributed by atoms with Gasteiger partial charge in [-0.25, -0.2) is 9.97 Å². The fourth-order valence-corrected chi connectivity index (χ4v) is 8.71. The molecule has 0 atom stereocenters. The van der Waals surface area contributed by atoms with Crippen LogP contribution in [0.5, 0.6) is 0 Å². The van der Waals surface area contributed by atoms with Crippen molar-refractivity contribution in [1.82, 2.24) is 24.3 Å². The number of nitrogens with zero attached hydrogens (tertiary/aromatic N) is 6. The van der Waals surface area contributed by atoms with Crippen molar-refractivity contribution in [3.05, 3.63) is 41.3 Å². The third-order valence-corrected chi connectivity index (χ3v) is 11.6. The van der Waals surface area contributed by atoms with Gasteiger partial charge in [-0.15, -0.1) is 0 Å². The second-order valence-corrected chi connectivity index (χ2v) is 15.5. The first kappa shape index (κ1) is 29.4. The van der Waals surface area contributed by atoms with Gasteiger partial charge in [0.15, 0.2) is 5.15 Å². The molecule has 2 aromatic heterocycles. The SMILES string of the molecule is CC(C)n1cnc2cc(-c3ccc4c(c3)N(C3CC(N5CCC(C)(C)C5)C3)C(=O)C43CCN(C(=O)C4COC4)CC3)nc(Cl)c21. The number of aromatic nitrogens is 3. The van der Waals surface area contributed by atoms with Gasteiger partial charge in [0.25, 0.3) is 0 Å². The van der Waals surface area contributed by atoms with Crippen molar-refractivity contribution in [1.29, 1.82) is 0 Å². The quantitative estimate of drug-likeness (QED) is 0.349. The van der Waals surface area contributed by atoms with Crippen molar-refractivity contribution in [2.24, 2.45) is 11.3 Å². The summed E-state index contributed by atoms with van der Waals surface area (Å²) in [6.07, 6.45) is 6.33. The van der Waals surface area contributed by atoms with Crippen LogP contribution in [-0.2, 0) is 19.7 Å². The molecular formula is C35H43ClN6O3. The summed E-state index contributed by atoms with van der Waals surface area (Å²) in [5.41, 5.74) is 5.19. The van der Waals surface area contributed by atoms with E-state index < -0.39 is 5.41 Å². The van der Waals surface area contributed by atoms with E-state index in [2.05, 4.69) is 60.7 Å². The minimum Gasteiger partial charge on any atom is -0.380 e. The van der Waals surface area contributed by atoms with E-state index in [1.54, 1.807) is 0 Å². The third kappa shape index (κ3) is 4.63. The number of halogens is 1. The van der Waals surface area contributed by atoms with Gasteiger partial charge in [-0.2, -0.15) is 0 Å². The minimum absolute atomic E-state index is 0.0317. The monoisotopic (exact) mass is 630 g/mol. The Morgan fingerprint density at radius 1 is 1.04 bits per heavy atom. The van der Waals surface area contributed by atoms with E-state index in [0.717, 1.165) is 59.5 Å². The number of ether oxygens (including phenoxy) is 1. The lowest BCUT2D eigenvalue weighted by atomic mass is 9.73. The van der Waals surface area contributed by atoms with Crippen molar-refractivity contribution in [3.63, 3.8) is 0 Å². The fourth-order valence-electron chi connectivity index (χ4n) is 8.43. The van der Waals surface area contributed by atoms with Crippen LogP contribution in [0.3, 0.4) is 0 Å². The molecule has 3 saturated heterocycles. The van der Waals surface area contributed by atoms with Crippen molar-refractivity contribution < 1.29 is 14.3 Å². The number of rotatable bonds is 5. The van der Waals surface area contributed by atoms with Crippen LogP contribution in [0.15, 0.2) is 30.6 Å². The summed E-state index contributed by atoms with van der Waals surface area (Å²) in [5, 5.41) is 0.433. The molecule has 1 spiro atoms. The molecule has 0 bridgehead atoms. The summed E-state index contributed by atoms with van der Waals surface area (Å²) in [5.74, 6) is 0.342. The Hall–Kier alpha value is -3.01. The van der Waals surface area contributed by atoms with Gasteiger partial charge >= 0.3 is 0 Å². The van der Waals surface area contributed by atoms with Crippen LogP contribution in [0.2, 0.25) is 5.15 Å². The summed E-state index contributed by atoms with van der Waals surface area (Å²) in [7, 11) is 0. The summed E-state index contributed by atoms with van der Waals surface area (Å²) in [6.45, 7) is 13.4. The highest BCUT2D eigenvalue weighted by atomic mass is 35.5. The van der Waals surface area contributed by atoms with E-state index in [9.17, 15) is 9.59 Å². The molecule has 6 heterocycles. The molecule has 0 unspecified atom stereocenters. The second kappa shape index (κ2) is 10.5. The van der Waals surface area contributed by atoms with Crippen molar-refractivity contribution in [2.75, 3.05) is 44.3 Å². The molecule has 5 aliphatic rings. The third-order valence-electron chi connectivity index (χ3n) is 11.4. The number of benzene rings is 1. The smallest absolute Gasteiger partial charge is 0.238 e. The predicted molar refractivity (Wildman–Crippen MR) is 174 cm³/mol. The molecule has 8 rings (SSSR count). The predicted octanol–water partition coefficient (Wildman–Crippen LogP) is 5.45. The molecule has 0 N–H and O–H groups in total. The highest BCUT2D eigenvalue weighted by Crippen LogP contribution is 2.52. The zero-order chi connectivity index (χ0) is 31.2. The van der Waals surface area contributed by atoms with Gasteiger partial charge in [-0.1, -0.05) is 37.6 Å². The molecule has 9 nitrogen and oxygen atoms in total. The Morgan fingerprint density at radius 2 is 1.80 bits per heavy atom. The number of hydrogen-bond donors (Lipinski definition) is 0. The maximum absolute atomic E-state index is 14.7. The number of piperidine rings is 1. The molecule has 0 radical (unpaired) electrons. The standard InChI is InChI=1S/C35H43ClN6O3/c1-21(2)41-20-37-28-16-27(38-31(36)30(28)41)22-5-6-26-29(13-22)42(25-14-24(15-25)40-10-7-34(3,4)19-40)33(44)35(26)8-11-39(12-9-35)32(43)23-17-45-18-23/h5-6,13,16,20-21,23-25H,7-12,14-15,17-19H2,1-4H3. The lowest BCUT2D eigenvalue weighted by Crippen LogP contribution is -2.58. The highest BCUT2D eigenvalue weighted by Gasteiger charge is 2.56. The van der Waals surface area contributed by atoms with Gasteiger partial charge in [0.05, 0.1) is 42.1 Å². The van der Waals surface area contributed by atoms with Crippen LogP contribution >= 0.6 is 11.6 Å². The molecule has 10 heteroatoms. The lowest BCUT2D eigenvalue weighted by Gasteiger charge is -2.47. The average molecular weight is 631 g/mol. The van der Waals surface area contributed by atoms with Gasteiger partial charge in [0, 0.05) is 49.0 Å². The summed E-state index contributed by atoms with van der Waals surface area (Å²) < 4.78 is 7.33. The van der Waals surface area contributed by atoms with Crippen molar-refractivity contribution >= 4 is 40.1 Å². The number of amides is 2. The first-order valence-corrected chi connectivity index (χ1v) is 17.0. The number of fused-ring (bicyclic) bond motifs is 3. The Kier molecular flexibility index (Phi) is 6.86. The topological polar surface area (TPSA) is 83.8 Å². The maximum atomic E-state index is 14.7.